The SMILES string of the molecule is C[C@@H](O[C@H]1CN2C(=O)C=C(c3ccc(F)nc3)C[C@H]2[C@@H]1c1ccc(F)cc1)c1cc(C(F)(F)F)cc(C(F)(F)F)c1. The molecule has 0 saturated carbocycles. The molecule has 5 rings (SSSR count). The number of nitrogens with zero attached hydrogens (tertiary/aromatic N) is 2. The number of benzene rings is 2. The summed E-state index contributed by atoms with van der Waals surface area (Å²) < 4.78 is 114. The molecule has 2 aromatic carbocycles. The molecule has 4 atom stereocenters. The average Bonchev–Trinajstić information content (AvgIpc) is 3.26. The van der Waals surface area contributed by atoms with E-state index < -0.39 is 65.3 Å². The van der Waals surface area contributed by atoms with Crippen LogP contribution in [-0.2, 0) is 21.9 Å². The first-order valence-corrected chi connectivity index (χ1v) is 12.5. The maximum Gasteiger partial charge on any atom is 0.416 e. The first-order chi connectivity index (χ1) is 19.2. The van der Waals surface area contributed by atoms with Crippen LogP contribution in [0.4, 0.5) is 35.1 Å². The largest absolute Gasteiger partial charge is 0.416 e. The van der Waals surface area contributed by atoms with Crippen molar-refractivity contribution in [2.24, 2.45) is 0 Å². The van der Waals surface area contributed by atoms with Gasteiger partial charge in [0.05, 0.1) is 23.3 Å². The van der Waals surface area contributed by atoms with E-state index in [4.69, 9.17) is 4.74 Å². The predicted octanol–water partition coefficient (Wildman–Crippen LogP) is 7.33. The fourth-order valence-corrected chi connectivity index (χ4v) is 5.46. The van der Waals surface area contributed by atoms with Crippen LogP contribution in [0.25, 0.3) is 5.57 Å². The Balaban J connectivity index is 1.49. The van der Waals surface area contributed by atoms with Gasteiger partial charge in [0.25, 0.3) is 0 Å². The molecule has 0 unspecified atom stereocenters. The summed E-state index contributed by atoms with van der Waals surface area (Å²) in [5, 5.41) is 0. The van der Waals surface area contributed by atoms with Gasteiger partial charge in [-0.1, -0.05) is 12.1 Å². The third-order valence-electron chi connectivity index (χ3n) is 7.41. The highest BCUT2D eigenvalue weighted by atomic mass is 19.4. The number of rotatable bonds is 5. The van der Waals surface area contributed by atoms with Gasteiger partial charge in [-0.25, -0.2) is 9.37 Å². The van der Waals surface area contributed by atoms with Crippen LogP contribution in [-0.4, -0.2) is 34.5 Å². The molecule has 1 aromatic heterocycles. The Labute approximate surface area is 229 Å². The van der Waals surface area contributed by atoms with Gasteiger partial charge in [0.15, 0.2) is 0 Å². The molecule has 3 heterocycles. The summed E-state index contributed by atoms with van der Waals surface area (Å²) >= 11 is 0. The van der Waals surface area contributed by atoms with Crippen molar-refractivity contribution in [3.8, 4) is 0 Å². The molecule has 4 nitrogen and oxygen atoms in total. The smallest absolute Gasteiger partial charge is 0.368 e. The molecule has 1 fully saturated rings. The Kier molecular flexibility index (Phi) is 7.39. The number of alkyl halides is 6. The predicted molar refractivity (Wildman–Crippen MR) is 131 cm³/mol. The number of aromatic nitrogens is 1. The minimum Gasteiger partial charge on any atom is -0.368 e. The molecular weight excluding hydrogens is 560 g/mol. The third kappa shape index (κ3) is 5.97. The van der Waals surface area contributed by atoms with E-state index in [2.05, 4.69) is 4.98 Å². The monoisotopic (exact) mass is 582 g/mol. The maximum absolute atomic E-state index is 13.8. The van der Waals surface area contributed by atoms with Crippen LogP contribution in [0, 0.1) is 11.8 Å². The zero-order chi connectivity index (χ0) is 29.7. The molecular formula is C29H22F8N2O2. The van der Waals surface area contributed by atoms with Crippen molar-refractivity contribution in [2.45, 2.75) is 49.9 Å². The third-order valence-corrected chi connectivity index (χ3v) is 7.41. The van der Waals surface area contributed by atoms with E-state index in [0.717, 1.165) is 6.07 Å². The van der Waals surface area contributed by atoms with Crippen LogP contribution in [0.3, 0.4) is 0 Å². The molecule has 0 aliphatic carbocycles. The molecule has 0 N–H and O–H groups in total. The molecule has 0 radical (unpaired) electrons. The summed E-state index contributed by atoms with van der Waals surface area (Å²) in [5.41, 5.74) is -1.61. The lowest BCUT2D eigenvalue weighted by Gasteiger charge is -2.32. The zero-order valence-corrected chi connectivity index (χ0v) is 21.3. The van der Waals surface area contributed by atoms with Crippen molar-refractivity contribution in [2.75, 3.05) is 6.54 Å². The topological polar surface area (TPSA) is 42.4 Å². The quantitative estimate of drug-likeness (QED) is 0.234. The van der Waals surface area contributed by atoms with E-state index in [1.165, 1.54) is 54.4 Å². The number of hydrogen-bond donors (Lipinski definition) is 0. The Bertz CT molecular complexity index is 1430. The number of pyridine rings is 1. The molecule has 2 aliphatic heterocycles. The van der Waals surface area contributed by atoms with Crippen molar-refractivity contribution in [1.82, 2.24) is 9.88 Å². The fourth-order valence-electron chi connectivity index (χ4n) is 5.46. The molecule has 3 aromatic rings. The van der Waals surface area contributed by atoms with E-state index in [1.807, 2.05) is 0 Å². The minimum absolute atomic E-state index is 0.00752. The Hall–Kier alpha value is -3.80. The van der Waals surface area contributed by atoms with E-state index >= 15 is 0 Å². The second kappa shape index (κ2) is 10.6. The molecule has 0 spiro atoms. The van der Waals surface area contributed by atoms with Crippen LogP contribution in [0.5, 0.6) is 0 Å². The van der Waals surface area contributed by atoms with E-state index in [9.17, 15) is 39.9 Å². The second-order valence-corrected chi connectivity index (χ2v) is 10.0. The van der Waals surface area contributed by atoms with Crippen molar-refractivity contribution >= 4 is 11.5 Å². The Morgan fingerprint density at radius 2 is 1.56 bits per heavy atom. The van der Waals surface area contributed by atoms with Gasteiger partial charge < -0.3 is 9.64 Å². The zero-order valence-electron chi connectivity index (χ0n) is 21.3. The normalized spacial score (nSPS) is 22.0. The average molecular weight is 582 g/mol. The van der Waals surface area contributed by atoms with Crippen LogP contribution in [0.15, 0.2) is 66.9 Å². The minimum atomic E-state index is -5.02. The highest BCUT2D eigenvalue weighted by Crippen LogP contribution is 2.45. The molecule has 2 aliphatic rings. The van der Waals surface area contributed by atoms with Crippen molar-refractivity contribution in [1.29, 1.82) is 0 Å². The highest BCUT2D eigenvalue weighted by Gasteiger charge is 2.48. The van der Waals surface area contributed by atoms with Gasteiger partial charge in [0.1, 0.15) is 5.82 Å². The number of carbonyl (C=O) groups excluding carboxylic acids is 1. The lowest BCUT2D eigenvalue weighted by Crippen LogP contribution is -2.39. The van der Waals surface area contributed by atoms with Crippen LogP contribution in [0.2, 0.25) is 0 Å². The molecule has 0 bridgehead atoms. The van der Waals surface area contributed by atoms with Crippen molar-refractivity contribution < 1.29 is 44.7 Å². The van der Waals surface area contributed by atoms with E-state index in [0.29, 0.717) is 28.8 Å². The number of ether oxygens (including phenoxy) is 1. The highest BCUT2D eigenvalue weighted by molar-refractivity contribution is 5.97. The standard InChI is InChI=1S/C29H22F8N2O2/c1-15(18-8-20(28(32,33)34)12-21(9-18)29(35,36)37)41-24-14-39-23(27(24)16-2-5-22(30)6-3-16)10-19(11-26(39)40)17-4-7-25(31)38-13-17/h2-9,11-13,15,23-24,27H,10,14H2,1H3/t15-,23+,24+,27+/m1/s1. The lowest BCUT2D eigenvalue weighted by atomic mass is 9.84. The van der Waals surface area contributed by atoms with Crippen molar-refractivity contribution in [3.05, 3.63) is 106 Å². The molecule has 41 heavy (non-hydrogen) atoms. The number of carbonyl (C=O) groups is 1. The van der Waals surface area contributed by atoms with Gasteiger partial charge in [-0.3, -0.25) is 4.79 Å². The summed E-state index contributed by atoms with van der Waals surface area (Å²) in [6.07, 6.45) is -9.19. The van der Waals surface area contributed by atoms with Crippen LogP contribution >= 0.6 is 0 Å². The molecule has 216 valence electrons. The summed E-state index contributed by atoms with van der Waals surface area (Å²) in [4.78, 5) is 18.3. The van der Waals surface area contributed by atoms with Gasteiger partial charge in [-0.05, 0) is 78.1 Å². The second-order valence-electron chi connectivity index (χ2n) is 10.0. The molecule has 12 heteroatoms. The van der Waals surface area contributed by atoms with Gasteiger partial charge in [-0.15, -0.1) is 0 Å². The Morgan fingerprint density at radius 1 is 0.927 bits per heavy atom. The summed E-state index contributed by atoms with van der Waals surface area (Å²) in [5.74, 6) is -2.22. The van der Waals surface area contributed by atoms with Gasteiger partial charge in [-0.2, -0.15) is 30.7 Å². The van der Waals surface area contributed by atoms with Gasteiger partial charge >= 0.3 is 12.4 Å². The van der Waals surface area contributed by atoms with E-state index in [-0.39, 0.29) is 24.6 Å². The summed E-state index contributed by atoms with van der Waals surface area (Å²) in [6, 6.07) is 8.78. The molecule has 1 amide bonds. The lowest BCUT2D eigenvalue weighted by molar-refractivity contribution is -0.143. The number of hydrogen-bond acceptors (Lipinski definition) is 3. The maximum atomic E-state index is 13.8. The fraction of sp³-hybridized carbons (Fsp3) is 0.310. The van der Waals surface area contributed by atoms with Gasteiger partial charge in [0, 0.05) is 30.8 Å². The first-order valence-electron chi connectivity index (χ1n) is 12.5. The number of amides is 1. The molecule has 1 saturated heterocycles. The first kappa shape index (κ1) is 28.7. The summed E-state index contributed by atoms with van der Waals surface area (Å²) in [7, 11) is 0. The van der Waals surface area contributed by atoms with E-state index in [1.54, 1.807) is 0 Å². The van der Waals surface area contributed by atoms with Crippen molar-refractivity contribution in [3.63, 3.8) is 0 Å². The number of fused-ring (bicyclic) bond motifs is 1. The summed E-state index contributed by atoms with van der Waals surface area (Å²) in [6.45, 7) is 1.33. The number of halogens is 8. The Morgan fingerprint density at radius 3 is 2.12 bits per heavy atom. The van der Waals surface area contributed by atoms with Crippen LogP contribution < -0.4 is 0 Å². The van der Waals surface area contributed by atoms with Crippen LogP contribution in [0.1, 0.15) is 53.2 Å². The van der Waals surface area contributed by atoms with Gasteiger partial charge in [0.2, 0.25) is 11.9 Å².